The van der Waals surface area contributed by atoms with E-state index in [1.54, 1.807) is 0 Å². The Hall–Kier alpha value is -1.05. The summed E-state index contributed by atoms with van der Waals surface area (Å²) in [5.41, 5.74) is 1.93. The number of hydrogen-bond acceptors (Lipinski definition) is 2. The molecule has 2 nitrogen and oxygen atoms in total. The van der Waals surface area contributed by atoms with Gasteiger partial charge in [0.1, 0.15) is 0 Å². The zero-order chi connectivity index (χ0) is 8.27. The predicted octanol–water partition coefficient (Wildman–Crippen LogP) is 1.83. The fourth-order valence-electron chi connectivity index (χ4n) is 1.11. The molecule has 0 fully saturated rings. The maximum Gasteiger partial charge on any atom is 0.337 e. The average molecular weight is 152 g/mol. The van der Waals surface area contributed by atoms with Crippen LogP contribution in [0.4, 0.5) is 0 Å². The summed E-state index contributed by atoms with van der Waals surface area (Å²) in [6, 6.07) is 0. The van der Waals surface area contributed by atoms with E-state index in [9.17, 15) is 4.79 Å². The van der Waals surface area contributed by atoms with Gasteiger partial charge in [-0.05, 0) is 25.8 Å². The topological polar surface area (TPSA) is 26.3 Å². The number of methoxy groups -OCH3 is 1. The highest BCUT2D eigenvalue weighted by Crippen LogP contribution is 2.16. The molecular formula is C9H12O2. The Morgan fingerprint density at radius 3 is 2.91 bits per heavy atom. The quantitative estimate of drug-likeness (QED) is 0.536. The molecule has 0 atom stereocenters. The predicted molar refractivity (Wildman–Crippen MR) is 43.1 cm³/mol. The second kappa shape index (κ2) is 3.37. The third-order valence-corrected chi connectivity index (χ3v) is 1.73. The fourth-order valence-corrected chi connectivity index (χ4v) is 1.11. The average Bonchev–Trinajstić information content (AvgIpc) is 2.03. The molecule has 0 saturated carbocycles. The van der Waals surface area contributed by atoms with Gasteiger partial charge in [0.15, 0.2) is 0 Å². The first-order chi connectivity index (χ1) is 5.24. The third-order valence-electron chi connectivity index (χ3n) is 1.73. The van der Waals surface area contributed by atoms with Crippen molar-refractivity contribution in [2.24, 2.45) is 0 Å². The first-order valence-corrected chi connectivity index (χ1v) is 3.69. The molecule has 0 spiro atoms. The molecule has 0 amide bonds. The van der Waals surface area contributed by atoms with Gasteiger partial charge in [0.05, 0.1) is 12.7 Å². The minimum atomic E-state index is -0.232. The SMILES string of the molecule is COC(=O)C1=CCCC(C)=C1. The van der Waals surface area contributed by atoms with Crippen molar-refractivity contribution >= 4 is 5.97 Å². The van der Waals surface area contributed by atoms with E-state index < -0.39 is 0 Å². The Bertz CT molecular complexity index is 224. The van der Waals surface area contributed by atoms with Gasteiger partial charge in [-0.3, -0.25) is 0 Å². The summed E-state index contributed by atoms with van der Waals surface area (Å²) >= 11 is 0. The molecule has 1 aliphatic rings. The van der Waals surface area contributed by atoms with E-state index in [4.69, 9.17) is 0 Å². The van der Waals surface area contributed by atoms with Gasteiger partial charge in [0, 0.05) is 0 Å². The fraction of sp³-hybridized carbons (Fsp3) is 0.444. The minimum absolute atomic E-state index is 0.232. The lowest BCUT2D eigenvalue weighted by molar-refractivity contribution is -0.135. The molecule has 0 unspecified atom stereocenters. The number of carbonyl (C=O) groups excluding carboxylic acids is 1. The van der Waals surface area contributed by atoms with Crippen LogP contribution in [0.3, 0.4) is 0 Å². The molecule has 1 rings (SSSR count). The number of carbonyl (C=O) groups is 1. The summed E-state index contributed by atoms with van der Waals surface area (Å²) in [5, 5.41) is 0. The largest absolute Gasteiger partial charge is 0.465 e. The molecule has 0 radical (unpaired) electrons. The van der Waals surface area contributed by atoms with Gasteiger partial charge in [0.25, 0.3) is 0 Å². The molecule has 0 bridgehead atoms. The zero-order valence-electron chi connectivity index (χ0n) is 6.89. The van der Waals surface area contributed by atoms with Gasteiger partial charge in [-0.2, -0.15) is 0 Å². The van der Waals surface area contributed by atoms with Crippen LogP contribution in [0.5, 0.6) is 0 Å². The van der Waals surface area contributed by atoms with Gasteiger partial charge >= 0.3 is 5.97 Å². The monoisotopic (exact) mass is 152 g/mol. The van der Waals surface area contributed by atoms with Crippen LogP contribution in [-0.4, -0.2) is 13.1 Å². The summed E-state index contributed by atoms with van der Waals surface area (Å²) in [5.74, 6) is -0.232. The van der Waals surface area contributed by atoms with E-state index in [0.717, 1.165) is 12.8 Å². The molecule has 0 saturated heterocycles. The standard InChI is InChI=1S/C9H12O2/c1-7-4-3-5-8(6-7)9(10)11-2/h5-6H,3-4H2,1-2H3. The van der Waals surface area contributed by atoms with Crippen molar-refractivity contribution in [1.29, 1.82) is 0 Å². The van der Waals surface area contributed by atoms with Crippen LogP contribution in [0.1, 0.15) is 19.8 Å². The van der Waals surface area contributed by atoms with Gasteiger partial charge in [-0.1, -0.05) is 11.6 Å². The molecule has 60 valence electrons. The number of ether oxygens (including phenoxy) is 1. The van der Waals surface area contributed by atoms with Crippen LogP contribution in [0.2, 0.25) is 0 Å². The normalized spacial score (nSPS) is 16.9. The summed E-state index contributed by atoms with van der Waals surface area (Å²) in [6.07, 6.45) is 5.81. The van der Waals surface area contributed by atoms with E-state index in [2.05, 4.69) is 4.74 Å². The summed E-state index contributed by atoms with van der Waals surface area (Å²) < 4.78 is 4.59. The lowest BCUT2D eigenvalue weighted by Crippen LogP contribution is -2.05. The highest BCUT2D eigenvalue weighted by atomic mass is 16.5. The zero-order valence-corrected chi connectivity index (χ0v) is 6.89. The van der Waals surface area contributed by atoms with E-state index in [1.807, 2.05) is 19.1 Å². The Kier molecular flexibility index (Phi) is 2.47. The van der Waals surface area contributed by atoms with E-state index in [0.29, 0.717) is 5.57 Å². The van der Waals surface area contributed by atoms with Crippen molar-refractivity contribution in [1.82, 2.24) is 0 Å². The maximum atomic E-state index is 11.0. The Morgan fingerprint density at radius 1 is 1.64 bits per heavy atom. The lowest BCUT2D eigenvalue weighted by Gasteiger charge is -2.07. The van der Waals surface area contributed by atoms with Crippen LogP contribution in [0, 0.1) is 0 Å². The molecule has 11 heavy (non-hydrogen) atoms. The first kappa shape index (κ1) is 8.05. The number of esters is 1. The van der Waals surface area contributed by atoms with Crippen LogP contribution < -0.4 is 0 Å². The van der Waals surface area contributed by atoms with Crippen molar-refractivity contribution in [3.8, 4) is 0 Å². The van der Waals surface area contributed by atoms with Crippen molar-refractivity contribution < 1.29 is 9.53 Å². The molecule has 0 heterocycles. The van der Waals surface area contributed by atoms with Crippen LogP contribution in [0.15, 0.2) is 23.3 Å². The van der Waals surface area contributed by atoms with Crippen LogP contribution in [-0.2, 0) is 9.53 Å². The van der Waals surface area contributed by atoms with Crippen LogP contribution >= 0.6 is 0 Å². The summed E-state index contributed by atoms with van der Waals surface area (Å²) in [6.45, 7) is 2.02. The number of allylic oxidation sites excluding steroid dienone is 2. The van der Waals surface area contributed by atoms with E-state index in [-0.39, 0.29) is 5.97 Å². The molecule has 1 aliphatic carbocycles. The van der Waals surface area contributed by atoms with E-state index in [1.165, 1.54) is 12.7 Å². The summed E-state index contributed by atoms with van der Waals surface area (Å²) in [7, 11) is 1.40. The lowest BCUT2D eigenvalue weighted by atomic mass is 10.0. The third kappa shape index (κ3) is 1.93. The van der Waals surface area contributed by atoms with Crippen molar-refractivity contribution in [3.63, 3.8) is 0 Å². The number of rotatable bonds is 1. The number of hydrogen-bond donors (Lipinski definition) is 0. The molecular weight excluding hydrogens is 140 g/mol. The maximum absolute atomic E-state index is 11.0. The molecule has 0 aliphatic heterocycles. The van der Waals surface area contributed by atoms with E-state index >= 15 is 0 Å². The van der Waals surface area contributed by atoms with Crippen molar-refractivity contribution in [2.75, 3.05) is 7.11 Å². The highest BCUT2D eigenvalue weighted by molar-refractivity contribution is 5.91. The smallest absolute Gasteiger partial charge is 0.337 e. The Morgan fingerprint density at radius 2 is 2.36 bits per heavy atom. The molecule has 0 aromatic rings. The molecule has 0 aromatic heterocycles. The highest BCUT2D eigenvalue weighted by Gasteiger charge is 2.09. The van der Waals surface area contributed by atoms with Crippen molar-refractivity contribution in [2.45, 2.75) is 19.8 Å². The second-order valence-corrected chi connectivity index (χ2v) is 2.68. The molecule has 2 heteroatoms. The Labute approximate surface area is 66.5 Å². The van der Waals surface area contributed by atoms with Gasteiger partial charge < -0.3 is 4.74 Å². The van der Waals surface area contributed by atoms with Crippen LogP contribution in [0.25, 0.3) is 0 Å². The van der Waals surface area contributed by atoms with Crippen molar-refractivity contribution in [3.05, 3.63) is 23.3 Å². The Balaban J connectivity index is 2.73. The van der Waals surface area contributed by atoms with Gasteiger partial charge in [-0.15, -0.1) is 0 Å². The van der Waals surface area contributed by atoms with Gasteiger partial charge in [-0.25, -0.2) is 4.79 Å². The first-order valence-electron chi connectivity index (χ1n) is 3.69. The molecule has 0 N–H and O–H groups in total. The molecule has 0 aromatic carbocycles. The minimum Gasteiger partial charge on any atom is -0.465 e. The van der Waals surface area contributed by atoms with Gasteiger partial charge in [0.2, 0.25) is 0 Å². The summed E-state index contributed by atoms with van der Waals surface area (Å²) in [4.78, 5) is 11.0. The second-order valence-electron chi connectivity index (χ2n) is 2.68.